The zero-order valence-electron chi connectivity index (χ0n) is 15.6. The third-order valence-electron chi connectivity index (χ3n) is 5.08. The number of nitrogens with two attached hydrogens (primary N) is 1. The molecule has 29 heavy (non-hydrogen) atoms. The first-order valence-corrected chi connectivity index (χ1v) is 9.40. The number of carbonyl (C=O) groups excluding carboxylic acids is 1. The lowest BCUT2D eigenvalue weighted by Gasteiger charge is -2.27. The van der Waals surface area contributed by atoms with Crippen LogP contribution in [0.2, 0.25) is 0 Å². The average Bonchev–Trinajstić information content (AvgIpc) is 3.20. The minimum Gasteiger partial charge on any atom is -0.369 e. The topological polar surface area (TPSA) is 98.7 Å². The number of amides is 1. The number of anilines is 1. The molecule has 1 aliphatic carbocycles. The van der Waals surface area contributed by atoms with Crippen LogP contribution in [0.15, 0.2) is 42.7 Å². The Kier molecular flexibility index (Phi) is 5.20. The Morgan fingerprint density at radius 2 is 1.97 bits per heavy atom. The smallest absolute Gasteiger partial charge is 0.223 e. The van der Waals surface area contributed by atoms with Crippen molar-refractivity contribution in [2.75, 3.05) is 5.32 Å². The van der Waals surface area contributed by atoms with Crippen molar-refractivity contribution in [3.05, 3.63) is 54.4 Å². The molecule has 150 valence electrons. The summed E-state index contributed by atoms with van der Waals surface area (Å²) in [5.41, 5.74) is 6.46. The second-order valence-corrected chi connectivity index (χ2v) is 7.12. The van der Waals surface area contributed by atoms with Crippen molar-refractivity contribution in [2.24, 2.45) is 11.7 Å². The van der Waals surface area contributed by atoms with Crippen molar-refractivity contribution < 1.29 is 13.6 Å². The van der Waals surface area contributed by atoms with Gasteiger partial charge in [-0.3, -0.25) is 4.79 Å². The van der Waals surface area contributed by atoms with E-state index in [2.05, 4.69) is 20.4 Å². The number of carbonyl (C=O) groups is 1. The number of halogens is 2. The van der Waals surface area contributed by atoms with E-state index < -0.39 is 5.82 Å². The van der Waals surface area contributed by atoms with E-state index >= 15 is 0 Å². The number of nitrogens with zero attached hydrogens (tertiary/aromatic N) is 4. The molecule has 0 spiro atoms. The minimum absolute atomic E-state index is 0.00339. The molecule has 2 atom stereocenters. The number of rotatable bonds is 5. The molecule has 3 N–H and O–H groups in total. The van der Waals surface area contributed by atoms with Crippen LogP contribution in [-0.2, 0) is 4.79 Å². The van der Waals surface area contributed by atoms with Gasteiger partial charge in [-0.2, -0.15) is 5.10 Å². The largest absolute Gasteiger partial charge is 0.369 e. The summed E-state index contributed by atoms with van der Waals surface area (Å²) >= 11 is 0. The molecule has 0 unspecified atom stereocenters. The summed E-state index contributed by atoms with van der Waals surface area (Å²) in [6, 6.07) is 7.43. The van der Waals surface area contributed by atoms with E-state index in [-0.39, 0.29) is 35.3 Å². The number of benzene rings is 1. The fourth-order valence-electron chi connectivity index (χ4n) is 3.57. The molecule has 0 saturated heterocycles. The van der Waals surface area contributed by atoms with Crippen LogP contribution in [0.4, 0.5) is 14.7 Å². The molecule has 0 bridgehead atoms. The Morgan fingerprint density at radius 1 is 1.17 bits per heavy atom. The molecule has 9 heteroatoms. The van der Waals surface area contributed by atoms with Gasteiger partial charge >= 0.3 is 0 Å². The maximum absolute atomic E-state index is 14.4. The van der Waals surface area contributed by atoms with Crippen LogP contribution in [0.3, 0.4) is 0 Å². The van der Waals surface area contributed by atoms with E-state index in [1.807, 2.05) is 0 Å². The lowest BCUT2D eigenvalue weighted by atomic mass is 9.85. The van der Waals surface area contributed by atoms with Gasteiger partial charge < -0.3 is 11.1 Å². The molecule has 2 heterocycles. The molecule has 0 radical (unpaired) electrons. The van der Waals surface area contributed by atoms with Crippen LogP contribution < -0.4 is 11.1 Å². The van der Waals surface area contributed by atoms with Gasteiger partial charge in [-0.25, -0.2) is 23.4 Å². The van der Waals surface area contributed by atoms with Gasteiger partial charge in [0.1, 0.15) is 17.2 Å². The van der Waals surface area contributed by atoms with E-state index in [4.69, 9.17) is 5.73 Å². The fraction of sp³-hybridized carbons (Fsp3) is 0.300. The maximum Gasteiger partial charge on any atom is 0.223 e. The van der Waals surface area contributed by atoms with E-state index in [1.54, 1.807) is 24.4 Å². The Morgan fingerprint density at radius 3 is 2.72 bits per heavy atom. The van der Waals surface area contributed by atoms with Crippen molar-refractivity contribution in [3.63, 3.8) is 0 Å². The van der Waals surface area contributed by atoms with Gasteiger partial charge in [-0.15, -0.1) is 0 Å². The fourth-order valence-corrected chi connectivity index (χ4v) is 3.57. The predicted octanol–water partition coefficient (Wildman–Crippen LogP) is 3.06. The number of primary amides is 1. The summed E-state index contributed by atoms with van der Waals surface area (Å²) in [5, 5.41) is 7.51. The van der Waals surface area contributed by atoms with Crippen LogP contribution in [0.25, 0.3) is 17.1 Å². The van der Waals surface area contributed by atoms with Gasteiger partial charge in [0.2, 0.25) is 11.9 Å². The standard InChI is InChI=1S/C20H20F2N6O/c21-13-4-6-15(7-5-13)28-9-8-17(27-28)18-16(22)11-24-20(26-18)25-14-3-1-2-12(10-14)19(23)29/h4-9,11-12,14H,1-3,10H2,(H2,23,29)(H,24,25,26)/t12-,14+/m0/s1. The highest BCUT2D eigenvalue weighted by Crippen LogP contribution is 2.27. The van der Waals surface area contributed by atoms with Crippen LogP contribution in [0.1, 0.15) is 25.7 Å². The predicted molar refractivity (Wildman–Crippen MR) is 103 cm³/mol. The molecular weight excluding hydrogens is 378 g/mol. The summed E-state index contributed by atoms with van der Waals surface area (Å²) < 4.78 is 29.0. The van der Waals surface area contributed by atoms with E-state index in [1.165, 1.54) is 16.8 Å². The van der Waals surface area contributed by atoms with Crippen molar-refractivity contribution in [1.29, 1.82) is 0 Å². The Bertz CT molecular complexity index is 1020. The molecule has 7 nitrogen and oxygen atoms in total. The number of hydrogen-bond acceptors (Lipinski definition) is 5. The Hall–Kier alpha value is -3.36. The normalized spacial score (nSPS) is 19.1. The lowest BCUT2D eigenvalue weighted by Crippen LogP contribution is -2.34. The highest BCUT2D eigenvalue weighted by atomic mass is 19.1. The second kappa shape index (κ2) is 7.94. The monoisotopic (exact) mass is 398 g/mol. The molecule has 1 aromatic carbocycles. The SMILES string of the molecule is NC(=O)[C@H]1CCC[C@@H](Nc2ncc(F)c(-c3ccn(-c4ccc(F)cc4)n3)n2)C1. The van der Waals surface area contributed by atoms with Gasteiger partial charge in [-0.1, -0.05) is 6.42 Å². The maximum atomic E-state index is 14.4. The van der Waals surface area contributed by atoms with Crippen LogP contribution in [0.5, 0.6) is 0 Å². The number of hydrogen-bond donors (Lipinski definition) is 2. The van der Waals surface area contributed by atoms with Crippen molar-refractivity contribution in [1.82, 2.24) is 19.7 Å². The second-order valence-electron chi connectivity index (χ2n) is 7.12. The summed E-state index contributed by atoms with van der Waals surface area (Å²) in [6.45, 7) is 0. The molecule has 1 aliphatic rings. The quantitative estimate of drug-likeness (QED) is 0.688. The minimum atomic E-state index is -0.599. The molecule has 1 amide bonds. The summed E-state index contributed by atoms with van der Waals surface area (Å²) in [4.78, 5) is 19.7. The summed E-state index contributed by atoms with van der Waals surface area (Å²) in [7, 11) is 0. The van der Waals surface area contributed by atoms with Gasteiger partial charge in [0.25, 0.3) is 0 Å². The summed E-state index contributed by atoms with van der Waals surface area (Å²) in [6.07, 6.45) is 5.86. The molecule has 2 aromatic heterocycles. The van der Waals surface area contributed by atoms with Crippen LogP contribution in [0, 0.1) is 17.6 Å². The van der Waals surface area contributed by atoms with Crippen molar-refractivity contribution in [3.8, 4) is 17.1 Å². The highest BCUT2D eigenvalue weighted by Gasteiger charge is 2.26. The van der Waals surface area contributed by atoms with E-state index in [0.717, 1.165) is 25.5 Å². The van der Waals surface area contributed by atoms with Gasteiger partial charge in [-0.05, 0) is 49.6 Å². The van der Waals surface area contributed by atoms with E-state index in [0.29, 0.717) is 17.8 Å². The molecular formula is C20H20F2N6O. The van der Waals surface area contributed by atoms with Crippen LogP contribution in [-0.4, -0.2) is 31.7 Å². The Balaban J connectivity index is 1.54. The van der Waals surface area contributed by atoms with Crippen molar-refractivity contribution in [2.45, 2.75) is 31.7 Å². The number of aromatic nitrogens is 4. The highest BCUT2D eigenvalue weighted by molar-refractivity contribution is 5.76. The third kappa shape index (κ3) is 4.23. The van der Waals surface area contributed by atoms with E-state index in [9.17, 15) is 13.6 Å². The third-order valence-corrected chi connectivity index (χ3v) is 5.08. The van der Waals surface area contributed by atoms with Gasteiger partial charge in [0, 0.05) is 18.2 Å². The summed E-state index contributed by atoms with van der Waals surface area (Å²) in [5.74, 6) is -1.15. The Labute approximate surface area is 166 Å². The lowest BCUT2D eigenvalue weighted by molar-refractivity contribution is -0.122. The average molecular weight is 398 g/mol. The molecule has 1 saturated carbocycles. The van der Waals surface area contributed by atoms with Crippen LogP contribution >= 0.6 is 0 Å². The first-order chi connectivity index (χ1) is 14.0. The first kappa shape index (κ1) is 19.0. The molecule has 0 aliphatic heterocycles. The zero-order chi connectivity index (χ0) is 20.4. The van der Waals surface area contributed by atoms with Gasteiger partial charge in [0.05, 0.1) is 11.9 Å². The first-order valence-electron chi connectivity index (χ1n) is 9.40. The number of nitrogens with one attached hydrogen (secondary N) is 1. The molecule has 3 aromatic rings. The van der Waals surface area contributed by atoms with Gasteiger partial charge in [0.15, 0.2) is 5.82 Å². The molecule has 4 rings (SSSR count). The van der Waals surface area contributed by atoms with Crippen molar-refractivity contribution >= 4 is 11.9 Å². The molecule has 1 fully saturated rings. The zero-order valence-corrected chi connectivity index (χ0v) is 15.6.